The molecule has 0 aliphatic heterocycles. The Balaban J connectivity index is 2.66. The van der Waals surface area contributed by atoms with E-state index in [4.69, 9.17) is 0 Å². The first-order valence-electron chi connectivity index (χ1n) is 8.28. The van der Waals surface area contributed by atoms with E-state index in [-0.39, 0.29) is 6.42 Å². The molecular weight excluding hydrogens is 325 g/mol. The Morgan fingerprint density at radius 3 is 1.72 bits per heavy atom. The molecule has 25 heavy (non-hydrogen) atoms. The van der Waals surface area contributed by atoms with Gasteiger partial charge in [-0.3, -0.25) is 0 Å². The van der Waals surface area contributed by atoms with Crippen molar-refractivity contribution in [2.75, 3.05) is 0 Å². The number of allylic oxidation sites excluding steroid dienone is 2. The summed E-state index contributed by atoms with van der Waals surface area (Å²) in [5.74, 6) is 0. The molecule has 1 aromatic rings. The lowest BCUT2D eigenvalue weighted by atomic mass is 9.62. The van der Waals surface area contributed by atoms with Gasteiger partial charge in [0.05, 0.1) is 5.56 Å². The Kier molecular flexibility index (Phi) is 4.81. The van der Waals surface area contributed by atoms with E-state index in [1.165, 1.54) is 12.1 Å². The van der Waals surface area contributed by atoms with Gasteiger partial charge in [-0.25, -0.2) is 0 Å². The van der Waals surface area contributed by atoms with Crippen molar-refractivity contribution in [1.29, 1.82) is 0 Å². The lowest BCUT2D eigenvalue weighted by molar-refractivity contribution is -0.137. The zero-order valence-electron chi connectivity index (χ0n) is 15.4. The summed E-state index contributed by atoms with van der Waals surface area (Å²) in [7, 11) is 0. The summed E-state index contributed by atoms with van der Waals surface area (Å²) in [4.78, 5) is 0. The summed E-state index contributed by atoms with van der Waals surface area (Å²) in [6, 6.07) is 4.81. The highest BCUT2D eigenvalue weighted by molar-refractivity contribution is 5.54. The van der Waals surface area contributed by atoms with Crippen LogP contribution in [0.5, 0.6) is 0 Å². The van der Waals surface area contributed by atoms with Gasteiger partial charge in [-0.1, -0.05) is 29.4 Å². The van der Waals surface area contributed by atoms with E-state index < -0.39 is 22.8 Å². The standard InChI is InChI=1S/C21H25F3O/c1-7-12-20(25,17-8-10-18(11-9-17)21(22,23)24)19(6)15(4)13(2)14(3)16(19)5/h7-11,25H,1,12H2,2-6H3. The first-order valence-corrected chi connectivity index (χ1v) is 8.28. The van der Waals surface area contributed by atoms with Gasteiger partial charge in [0.25, 0.3) is 0 Å². The fourth-order valence-electron chi connectivity index (χ4n) is 3.97. The van der Waals surface area contributed by atoms with E-state index in [1.54, 1.807) is 6.08 Å². The Hall–Kier alpha value is -1.81. The van der Waals surface area contributed by atoms with Crippen LogP contribution in [0.4, 0.5) is 13.2 Å². The maximum Gasteiger partial charge on any atom is 0.416 e. The maximum atomic E-state index is 12.9. The first-order chi connectivity index (χ1) is 11.4. The maximum absolute atomic E-state index is 12.9. The summed E-state index contributed by atoms with van der Waals surface area (Å²) in [5.41, 5.74) is 1.98. The number of aliphatic hydroxyl groups is 1. The van der Waals surface area contributed by atoms with Gasteiger partial charge in [0, 0.05) is 5.41 Å². The van der Waals surface area contributed by atoms with E-state index in [1.807, 2.05) is 34.6 Å². The molecule has 0 amide bonds. The van der Waals surface area contributed by atoms with Crippen LogP contribution in [0.15, 0.2) is 59.2 Å². The number of halogens is 3. The topological polar surface area (TPSA) is 20.2 Å². The van der Waals surface area contributed by atoms with Crippen molar-refractivity contribution in [2.45, 2.75) is 52.8 Å². The van der Waals surface area contributed by atoms with Gasteiger partial charge in [-0.05, 0) is 69.9 Å². The molecule has 0 spiro atoms. The van der Waals surface area contributed by atoms with Crippen LogP contribution in [0.25, 0.3) is 0 Å². The minimum absolute atomic E-state index is 0.240. The largest absolute Gasteiger partial charge is 0.416 e. The van der Waals surface area contributed by atoms with Crippen molar-refractivity contribution >= 4 is 0 Å². The molecule has 136 valence electrons. The smallest absolute Gasteiger partial charge is 0.384 e. The molecule has 1 aliphatic rings. The monoisotopic (exact) mass is 350 g/mol. The van der Waals surface area contributed by atoms with Crippen LogP contribution < -0.4 is 0 Å². The van der Waals surface area contributed by atoms with Crippen LogP contribution in [-0.4, -0.2) is 5.11 Å². The lowest BCUT2D eigenvalue weighted by Gasteiger charge is -2.46. The molecule has 0 aromatic heterocycles. The first kappa shape index (κ1) is 19.5. The summed E-state index contributed by atoms with van der Waals surface area (Å²) in [6.45, 7) is 13.7. The minimum atomic E-state index is -4.40. The van der Waals surface area contributed by atoms with Gasteiger partial charge in [-0.2, -0.15) is 13.2 Å². The predicted octanol–water partition coefficient (Wildman–Crippen LogP) is 6.16. The average molecular weight is 350 g/mol. The van der Waals surface area contributed by atoms with Crippen LogP contribution in [0.2, 0.25) is 0 Å². The van der Waals surface area contributed by atoms with E-state index in [0.29, 0.717) is 5.56 Å². The molecule has 1 aliphatic carbocycles. The highest BCUT2D eigenvalue weighted by Crippen LogP contribution is 2.58. The summed E-state index contributed by atoms with van der Waals surface area (Å²) in [6.07, 6.45) is -2.54. The number of hydrogen-bond donors (Lipinski definition) is 1. The third kappa shape index (κ3) is 2.77. The van der Waals surface area contributed by atoms with Crippen LogP contribution in [0.1, 0.15) is 52.2 Å². The summed E-state index contributed by atoms with van der Waals surface area (Å²) < 4.78 is 38.6. The van der Waals surface area contributed by atoms with E-state index >= 15 is 0 Å². The fraction of sp³-hybridized carbons (Fsp3) is 0.429. The van der Waals surface area contributed by atoms with E-state index in [9.17, 15) is 18.3 Å². The average Bonchev–Trinajstić information content (AvgIpc) is 2.71. The fourth-order valence-corrected chi connectivity index (χ4v) is 3.97. The number of benzene rings is 1. The molecule has 1 nitrogen and oxygen atoms in total. The molecule has 0 radical (unpaired) electrons. The Bertz CT molecular complexity index is 726. The Morgan fingerprint density at radius 2 is 1.36 bits per heavy atom. The molecule has 0 fully saturated rings. The lowest BCUT2D eigenvalue weighted by Crippen LogP contribution is -2.44. The van der Waals surface area contributed by atoms with Gasteiger partial charge in [0.1, 0.15) is 5.60 Å². The van der Waals surface area contributed by atoms with Crippen molar-refractivity contribution in [1.82, 2.24) is 0 Å². The molecule has 0 heterocycles. The molecule has 0 saturated carbocycles. The van der Waals surface area contributed by atoms with E-state index in [2.05, 4.69) is 6.58 Å². The second-order valence-corrected chi connectivity index (χ2v) is 7.05. The molecule has 1 aromatic carbocycles. The number of alkyl halides is 3. The Morgan fingerprint density at radius 1 is 0.960 bits per heavy atom. The van der Waals surface area contributed by atoms with Crippen molar-refractivity contribution in [3.63, 3.8) is 0 Å². The van der Waals surface area contributed by atoms with Crippen LogP contribution in [-0.2, 0) is 11.8 Å². The summed E-state index contributed by atoms with van der Waals surface area (Å²) in [5, 5.41) is 11.7. The highest BCUT2D eigenvalue weighted by Gasteiger charge is 2.52. The van der Waals surface area contributed by atoms with Gasteiger partial charge >= 0.3 is 6.18 Å². The highest BCUT2D eigenvalue weighted by atomic mass is 19.4. The minimum Gasteiger partial charge on any atom is -0.384 e. The van der Waals surface area contributed by atoms with Gasteiger partial charge in [-0.15, -0.1) is 6.58 Å². The van der Waals surface area contributed by atoms with Crippen LogP contribution >= 0.6 is 0 Å². The number of rotatable bonds is 4. The second-order valence-electron chi connectivity index (χ2n) is 7.05. The van der Waals surface area contributed by atoms with Crippen molar-refractivity contribution in [3.05, 3.63) is 70.3 Å². The molecular formula is C21H25F3O. The molecule has 4 heteroatoms. The summed E-state index contributed by atoms with van der Waals surface area (Å²) >= 11 is 0. The molecule has 1 N–H and O–H groups in total. The van der Waals surface area contributed by atoms with Crippen molar-refractivity contribution in [3.8, 4) is 0 Å². The second kappa shape index (κ2) is 6.17. The van der Waals surface area contributed by atoms with Gasteiger partial charge in [0.15, 0.2) is 0 Å². The van der Waals surface area contributed by atoms with Gasteiger partial charge in [0.2, 0.25) is 0 Å². The predicted molar refractivity (Wildman–Crippen MR) is 95.0 cm³/mol. The zero-order chi connectivity index (χ0) is 19.2. The quantitative estimate of drug-likeness (QED) is 0.645. The normalized spacial score (nSPS) is 20.0. The molecule has 2 rings (SSSR count). The van der Waals surface area contributed by atoms with Crippen LogP contribution in [0, 0.1) is 5.41 Å². The van der Waals surface area contributed by atoms with Crippen molar-refractivity contribution < 1.29 is 18.3 Å². The molecule has 1 unspecified atom stereocenters. The van der Waals surface area contributed by atoms with Gasteiger partial charge < -0.3 is 5.11 Å². The Labute approximate surface area is 147 Å². The molecule has 0 saturated heterocycles. The van der Waals surface area contributed by atoms with Crippen LogP contribution in [0.3, 0.4) is 0 Å². The third-order valence-electron chi connectivity index (χ3n) is 6.14. The molecule has 0 bridgehead atoms. The van der Waals surface area contributed by atoms with Crippen molar-refractivity contribution in [2.24, 2.45) is 5.41 Å². The zero-order valence-corrected chi connectivity index (χ0v) is 15.4. The molecule has 1 atom stereocenters. The van der Waals surface area contributed by atoms with E-state index in [0.717, 1.165) is 34.4 Å². The SMILES string of the molecule is C=CCC(O)(c1ccc(C(F)(F)F)cc1)C1(C)C(C)=C(C)C(C)=C1C. The third-order valence-corrected chi connectivity index (χ3v) is 6.14. The number of hydrogen-bond acceptors (Lipinski definition) is 1.